The van der Waals surface area contributed by atoms with Crippen molar-refractivity contribution < 1.29 is 13.2 Å². The van der Waals surface area contributed by atoms with Crippen molar-refractivity contribution in [3.63, 3.8) is 0 Å². The van der Waals surface area contributed by atoms with Gasteiger partial charge in [0.25, 0.3) is 0 Å². The number of alkyl halides is 3. The molecule has 0 aliphatic heterocycles. The molecule has 0 fully saturated rings. The number of benzene rings is 1. The maximum absolute atomic E-state index is 12.7. The summed E-state index contributed by atoms with van der Waals surface area (Å²) in [5.41, 5.74) is 0.344. The van der Waals surface area contributed by atoms with Gasteiger partial charge in [-0.25, -0.2) is 4.98 Å². The lowest BCUT2D eigenvalue weighted by Gasteiger charge is -2.06. The Bertz CT molecular complexity index is 809. The van der Waals surface area contributed by atoms with Crippen molar-refractivity contribution in [3.8, 4) is 11.4 Å². The second-order valence-corrected chi connectivity index (χ2v) is 5.75. The standard InChI is InChI=1S/C14H12F3N5S/c1-2-12-18-11(8-23-12)7-22-20-13(19-21-22)9-4-3-5-10(6-9)14(15,16)17/h3-6,8H,2,7H2,1H3. The van der Waals surface area contributed by atoms with E-state index in [1.54, 1.807) is 11.3 Å². The van der Waals surface area contributed by atoms with Crippen molar-refractivity contribution in [3.05, 3.63) is 45.9 Å². The molecule has 0 N–H and O–H groups in total. The zero-order valence-electron chi connectivity index (χ0n) is 12.1. The fraction of sp³-hybridized carbons (Fsp3) is 0.286. The fourth-order valence-electron chi connectivity index (χ4n) is 1.99. The van der Waals surface area contributed by atoms with E-state index in [1.165, 1.54) is 16.9 Å². The minimum Gasteiger partial charge on any atom is -0.244 e. The number of aryl methyl sites for hydroxylation is 1. The number of aromatic nitrogens is 5. The number of thiazole rings is 1. The van der Waals surface area contributed by atoms with E-state index in [0.717, 1.165) is 29.3 Å². The molecule has 1 aromatic carbocycles. The molecule has 0 unspecified atom stereocenters. The van der Waals surface area contributed by atoms with E-state index in [2.05, 4.69) is 20.4 Å². The molecular formula is C14H12F3N5S. The lowest BCUT2D eigenvalue weighted by atomic mass is 10.1. The average molecular weight is 339 g/mol. The van der Waals surface area contributed by atoms with E-state index in [1.807, 2.05) is 12.3 Å². The number of nitrogens with zero attached hydrogens (tertiary/aromatic N) is 5. The summed E-state index contributed by atoms with van der Waals surface area (Å²) in [5.74, 6) is 0.155. The summed E-state index contributed by atoms with van der Waals surface area (Å²) >= 11 is 1.55. The van der Waals surface area contributed by atoms with E-state index in [4.69, 9.17) is 0 Å². The topological polar surface area (TPSA) is 56.5 Å². The quantitative estimate of drug-likeness (QED) is 0.731. The second kappa shape index (κ2) is 6.07. The Hall–Kier alpha value is -2.29. The third-order valence-electron chi connectivity index (χ3n) is 3.11. The number of rotatable bonds is 4. The monoisotopic (exact) mass is 339 g/mol. The number of hydrogen-bond acceptors (Lipinski definition) is 5. The lowest BCUT2D eigenvalue weighted by Crippen LogP contribution is -2.05. The number of halogens is 3. The lowest BCUT2D eigenvalue weighted by molar-refractivity contribution is -0.137. The van der Waals surface area contributed by atoms with Crippen LogP contribution in [0.4, 0.5) is 13.2 Å². The van der Waals surface area contributed by atoms with Crippen molar-refractivity contribution in [2.75, 3.05) is 0 Å². The van der Waals surface area contributed by atoms with Crippen LogP contribution in [0.2, 0.25) is 0 Å². The molecule has 23 heavy (non-hydrogen) atoms. The molecule has 0 spiro atoms. The Morgan fingerprint density at radius 1 is 1.26 bits per heavy atom. The van der Waals surface area contributed by atoms with Gasteiger partial charge in [-0.15, -0.1) is 21.5 Å². The van der Waals surface area contributed by atoms with Gasteiger partial charge in [-0.1, -0.05) is 19.1 Å². The van der Waals surface area contributed by atoms with Crippen LogP contribution < -0.4 is 0 Å². The van der Waals surface area contributed by atoms with Crippen molar-refractivity contribution in [1.29, 1.82) is 0 Å². The van der Waals surface area contributed by atoms with E-state index in [-0.39, 0.29) is 11.4 Å². The van der Waals surface area contributed by atoms with Crippen LogP contribution in [-0.4, -0.2) is 25.2 Å². The first kappa shape index (κ1) is 15.6. The van der Waals surface area contributed by atoms with Gasteiger partial charge < -0.3 is 0 Å². The van der Waals surface area contributed by atoms with Gasteiger partial charge in [0.2, 0.25) is 5.82 Å². The predicted octanol–water partition coefficient (Wildman–Crippen LogP) is 3.43. The average Bonchev–Trinajstić information content (AvgIpc) is 3.16. The van der Waals surface area contributed by atoms with Crippen molar-refractivity contribution >= 4 is 11.3 Å². The summed E-state index contributed by atoms with van der Waals surface area (Å²) in [6.07, 6.45) is -3.55. The van der Waals surface area contributed by atoms with Gasteiger partial charge in [-0.3, -0.25) is 0 Å². The third kappa shape index (κ3) is 3.55. The molecule has 2 aromatic heterocycles. The van der Waals surface area contributed by atoms with Crippen LogP contribution in [-0.2, 0) is 19.1 Å². The van der Waals surface area contributed by atoms with Crippen LogP contribution in [0.5, 0.6) is 0 Å². The van der Waals surface area contributed by atoms with Gasteiger partial charge in [0, 0.05) is 10.9 Å². The first-order valence-electron chi connectivity index (χ1n) is 6.84. The summed E-state index contributed by atoms with van der Waals surface area (Å²) in [4.78, 5) is 5.72. The Morgan fingerprint density at radius 3 is 2.78 bits per heavy atom. The Kier molecular flexibility index (Phi) is 4.12. The normalized spacial score (nSPS) is 11.8. The molecule has 0 amide bonds. The molecule has 0 bridgehead atoms. The van der Waals surface area contributed by atoms with Crippen LogP contribution >= 0.6 is 11.3 Å². The zero-order valence-corrected chi connectivity index (χ0v) is 12.9. The minimum atomic E-state index is -4.40. The molecule has 0 aliphatic carbocycles. The SMILES string of the molecule is CCc1nc(Cn2nnc(-c3cccc(C(F)(F)F)c3)n2)cs1. The maximum Gasteiger partial charge on any atom is 0.416 e. The Morgan fingerprint density at radius 2 is 2.09 bits per heavy atom. The van der Waals surface area contributed by atoms with E-state index in [9.17, 15) is 13.2 Å². The van der Waals surface area contributed by atoms with Gasteiger partial charge in [0.05, 0.1) is 16.3 Å². The van der Waals surface area contributed by atoms with Crippen LogP contribution in [0, 0.1) is 0 Å². The minimum absolute atomic E-state index is 0.155. The molecule has 0 aliphatic rings. The van der Waals surface area contributed by atoms with Crippen LogP contribution in [0.3, 0.4) is 0 Å². The number of hydrogen-bond donors (Lipinski definition) is 0. The van der Waals surface area contributed by atoms with Gasteiger partial charge in [-0.2, -0.15) is 18.0 Å². The van der Waals surface area contributed by atoms with E-state index in [0.29, 0.717) is 6.54 Å². The summed E-state index contributed by atoms with van der Waals surface area (Å²) in [6, 6.07) is 4.87. The molecule has 3 aromatic rings. The fourth-order valence-corrected chi connectivity index (χ4v) is 2.73. The molecule has 0 saturated heterocycles. The van der Waals surface area contributed by atoms with E-state index < -0.39 is 11.7 Å². The maximum atomic E-state index is 12.7. The second-order valence-electron chi connectivity index (χ2n) is 4.81. The molecule has 2 heterocycles. The summed E-state index contributed by atoms with van der Waals surface area (Å²) in [7, 11) is 0. The molecule has 0 atom stereocenters. The van der Waals surface area contributed by atoms with Gasteiger partial charge >= 0.3 is 6.18 Å². The van der Waals surface area contributed by atoms with E-state index >= 15 is 0 Å². The zero-order chi connectivity index (χ0) is 16.4. The predicted molar refractivity (Wildman–Crippen MR) is 78.8 cm³/mol. The van der Waals surface area contributed by atoms with Crippen molar-refractivity contribution in [2.24, 2.45) is 0 Å². The highest BCUT2D eigenvalue weighted by Gasteiger charge is 2.30. The molecular weight excluding hydrogens is 327 g/mol. The van der Waals surface area contributed by atoms with Gasteiger partial charge in [0.15, 0.2) is 0 Å². The van der Waals surface area contributed by atoms with Crippen molar-refractivity contribution in [1.82, 2.24) is 25.2 Å². The van der Waals surface area contributed by atoms with Crippen LogP contribution in [0.25, 0.3) is 11.4 Å². The molecule has 5 nitrogen and oxygen atoms in total. The smallest absolute Gasteiger partial charge is 0.244 e. The van der Waals surface area contributed by atoms with Crippen molar-refractivity contribution in [2.45, 2.75) is 26.1 Å². The first-order chi connectivity index (χ1) is 11.0. The number of tetrazole rings is 1. The van der Waals surface area contributed by atoms with Gasteiger partial charge in [-0.05, 0) is 23.8 Å². The molecule has 9 heteroatoms. The van der Waals surface area contributed by atoms with Crippen LogP contribution in [0.15, 0.2) is 29.6 Å². The molecule has 120 valence electrons. The summed E-state index contributed by atoms with van der Waals surface area (Å²) in [6.45, 7) is 2.35. The Labute approximate surface area is 133 Å². The Balaban J connectivity index is 1.81. The summed E-state index contributed by atoms with van der Waals surface area (Å²) in [5, 5.41) is 14.7. The highest BCUT2D eigenvalue weighted by atomic mass is 32.1. The molecule has 0 radical (unpaired) electrons. The third-order valence-corrected chi connectivity index (χ3v) is 4.15. The molecule has 3 rings (SSSR count). The highest BCUT2D eigenvalue weighted by Crippen LogP contribution is 2.31. The summed E-state index contributed by atoms with van der Waals surface area (Å²) < 4.78 is 38.2. The largest absolute Gasteiger partial charge is 0.416 e. The first-order valence-corrected chi connectivity index (χ1v) is 7.72. The van der Waals surface area contributed by atoms with Crippen LogP contribution in [0.1, 0.15) is 23.2 Å². The highest BCUT2D eigenvalue weighted by molar-refractivity contribution is 7.09. The molecule has 0 saturated carbocycles. The van der Waals surface area contributed by atoms with Gasteiger partial charge in [0.1, 0.15) is 6.54 Å².